The van der Waals surface area contributed by atoms with Gasteiger partial charge in [0.05, 0.1) is 27.2 Å². The van der Waals surface area contributed by atoms with Crippen LogP contribution in [0.3, 0.4) is 0 Å². The molecular formula is C13H18BN3O3S. The molecule has 0 aromatic carbocycles. The van der Waals surface area contributed by atoms with Gasteiger partial charge < -0.3 is 14.8 Å². The van der Waals surface area contributed by atoms with Gasteiger partial charge in [-0.2, -0.15) is 0 Å². The molecule has 0 saturated heterocycles. The Hall–Kier alpha value is -1.35. The molecule has 21 heavy (non-hydrogen) atoms. The van der Waals surface area contributed by atoms with Crippen molar-refractivity contribution in [3.8, 4) is 11.3 Å². The lowest BCUT2D eigenvalue weighted by atomic mass is 9.80. The second-order valence-electron chi connectivity index (χ2n) is 5.73. The number of rotatable bonds is 5. The predicted octanol–water partition coefficient (Wildman–Crippen LogP) is 0.854. The Balaban J connectivity index is 2.26. The molecule has 0 aliphatic carbocycles. The predicted molar refractivity (Wildman–Crippen MR) is 82.2 cm³/mol. The first-order valence-corrected chi connectivity index (χ1v) is 7.37. The molecule has 2 N–H and O–H groups in total. The first-order valence-electron chi connectivity index (χ1n) is 6.49. The summed E-state index contributed by atoms with van der Waals surface area (Å²) in [5.41, 5.74) is 0.883. The summed E-state index contributed by atoms with van der Waals surface area (Å²) in [6, 6.07) is 0. The topological polar surface area (TPSA) is 88.4 Å². The molecule has 0 aliphatic rings. The molecule has 0 spiro atoms. The van der Waals surface area contributed by atoms with Crippen molar-refractivity contribution in [2.45, 2.75) is 38.9 Å². The molecule has 0 unspecified atom stereocenters. The molecule has 2 aromatic rings. The molecule has 2 aromatic heterocycles. The summed E-state index contributed by atoms with van der Waals surface area (Å²) in [5, 5.41) is 20.5. The van der Waals surface area contributed by atoms with Crippen LogP contribution in [0, 0.1) is 0 Å². The minimum atomic E-state index is -1.19. The molecule has 0 saturated carbocycles. The average molecular weight is 307 g/mol. The lowest BCUT2D eigenvalue weighted by Crippen LogP contribution is -2.53. The normalized spacial score (nSPS) is 12.5. The van der Waals surface area contributed by atoms with Crippen LogP contribution in [0.25, 0.3) is 11.3 Å². The molecule has 0 radical (unpaired) electrons. The minimum absolute atomic E-state index is 0.558. The van der Waals surface area contributed by atoms with Crippen LogP contribution in [0.15, 0.2) is 24.2 Å². The summed E-state index contributed by atoms with van der Waals surface area (Å²) < 4.78 is 6.20. The molecule has 0 amide bonds. The van der Waals surface area contributed by atoms with E-state index in [-0.39, 0.29) is 0 Å². The van der Waals surface area contributed by atoms with Gasteiger partial charge in [-0.3, -0.25) is 0 Å². The summed E-state index contributed by atoms with van der Waals surface area (Å²) in [6.45, 7) is 6.72. The van der Waals surface area contributed by atoms with Crippen molar-refractivity contribution in [1.29, 1.82) is 0 Å². The highest BCUT2D eigenvalue weighted by molar-refractivity contribution is 7.21. The monoisotopic (exact) mass is 307 g/mol. The Morgan fingerprint density at radius 1 is 1.19 bits per heavy atom. The van der Waals surface area contributed by atoms with E-state index in [0.717, 1.165) is 0 Å². The van der Waals surface area contributed by atoms with E-state index in [9.17, 15) is 10.1 Å². The SMILES string of the molecule is CC(C)(O)C(C)(C)OB(O)c1scnc1-c1cncnc1. The largest absolute Gasteiger partial charge is 0.504 e. The highest BCUT2D eigenvalue weighted by atomic mass is 32.1. The van der Waals surface area contributed by atoms with E-state index < -0.39 is 18.3 Å². The Bertz CT molecular complexity index is 598. The van der Waals surface area contributed by atoms with E-state index in [1.54, 1.807) is 45.6 Å². The molecule has 6 nitrogen and oxygen atoms in total. The summed E-state index contributed by atoms with van der Waals surface area (Å²) in [4.78, 5) is 12.1. The van der Waals surface area contributed by atoms with Crippen LogP contribution in [0.1, 0.15) is 27.7 Å². The molecule has 112 valence electrons. The summed E-state index contributed by atoms with van der Waals surface area (Å²) in [7, 11) is -1.19. The zero-order chi connectivity index (χ0) is 15.7. The third-order valence-corrected chi connectivity index (χ3v) is 4.39. The second-order valence-corrected chi connectivity index (χ2v) is 6.62. The molecule has 2 rings (SSSR count). The third-order valence-electron chi connectivity index (χ3n) is 3.53. The van der Waals surface area contributed by atoms with Crippen molar-refractivity contribution in [3.05, 3.63) is 24.2 Å². The van der Waals surface area contributed by atoms with Crippen LogP contribution in [0.4, 0.5) is 0 Å². The number of hydrogen-bond donors (Lipinski definition) is 2. The van der Waals surface area contributed by atoms with E-state index in [0.29, 0.717) is 16.0 Å². The number of aromatic nitrogens is 3. The van der Waals surface area contributed by atoms with Crippen molar-refractivity contribution in [2.75, 3.05) is 0 Å². The van der Waals surface area contributed by atoms with E-state index in [1.165, 1.54) is 17.7 Å². The molecule has 0 atom stereocenters. The van der Waals surface area contributed by atoms with E-state index >= 15 is 0 Å². The first-order chi connectivity index (χ1) is 9.72. The van der Waals surface area contributed by atoms with Gasteiger partial charge in [0.15, 0.2) is 0 Å². The van der Waals surface area contributed by atoms with Crippen LogP contribution in [0.5, 0.6) is 0 Å². The van der Waals surface area contributed by atoms with E-state index in [4.69, 9.17) is 4.65 Å². The van der Waals surface area contributed by atoms with Gasteiger partial charge in [-0.25, -0.2) is 15.0 Å². The maximum Gasteiger partial charge on any atom is 0.504 e. The van der Waals surface area contributed by atoms with Crippen LogP contribution in [-0.4, -0.2) is 43.4 Å². The summed E-state index contributed by atoms with van der Waals surface area (Å²) in [6.07, 6.45) is 4.68. The van der Waals surface area contributed by atoms with Crippen LogP contribution < -0.4 is 4.78 Å². The smallest absolute Gasteiger partial charge is 0.422 e. The fourth-order valence-electron chi connectivity index (χ4n) is 1.55. The number of nitrogens with zero attached hydrogens (tertiary/aromatic N) is 3. The van der Waals surface area contributed by atoms with Gasteiger partial charge in [-0.1, -0.05) is 0 Å². The van der Waals surface area contributed by atoms with Gasteiger partial charge in [0, 0.05) is 18.0 Å². The highest BCUT2D eigenvalue weighted by Gasteiger charge is 2.40. The van der Waals surface area contributed by atoms with Gasteiger partial charge in [-0.05, 0) is 27.7 Å². The summed E-state index contributed by atoms with van der Waals surface area (Å²) >= 11 is 1.28. The maximum absolute atomic E-state index is 10.3. The average Bonchev–Trinajstić information content (AvgIpc) is 2.87. The number of hydrogen-bond acceptors (Lipinski definition) is 7. The van der Waals surface area contributed by atoms with Crippen LogP contribution >= 0.6 is 11.3 Å². The van der Waals surface area contributed by atoms with Crippen LogP contribution in [-0.2, 0) is 4.65 Å². The number of aliphatic hydroxyl groups is 1. The van der Waals surface area contributed by atoms with Gasteiger partial charge in [-0.15, -0.1) is 11.3 Å². The zero-order valence-corrected chi connectivity index (χ0v) is 13.3. The maximum atomic E-state index is 10.3. The number of thiazole rings is 1. The fourth-order valence-corrected chi connectivity index (χ4v) is 2.26. The van der Waals surface area contributed by atoms with Crippen molar-refractivity contribution >= 4 is 23.2 Å². The Labute approximate surface area is 128 Å². The second kappa shape index (κ2) is 5.80. The fraction of sp³-hybridized carbons (Fsp3) is 0.462. The van der Waals surface area contributed by atoms with E-state index in [2.05, 4.69) is 15.0 Å². The van der Waals surface area contributed by atoms with Crippen molar-refractivity contribution in [3.63, 3.8) is 0 Å². The van der Waals surface area contributed by atoms with Crippen molar-refractivity contribution in [2.24, 2.45) is 0 Å². The highest BCUT2D eigenvalue weighted by Crippen LogP contribution is 2.26. The third kappa shape index (κ3) is 3.46. The van der Waals surface area contributed by atoms with Gasteiger partial charge in [0.1, 0.15) is 6.33 Å². The molecule has 0 aliphatic heterocycles. The molecular weight excluding hydrogens is 289 g/mol. The lowest BCUT2D eigenvalue weighted by Gasteiger charge is -2.38. The van der Waals surface area contributed by atoms with Gasteiger partial charge in [0.2, 0.25) is 0 Å². The Morgan fingerprint density at radius 2 is 1.81 bits per heavy atom. The van der Waals surface area contributed by atoms with Gasteiger partial charge in [0.25, 0.3) is 0 Å². The molecule has 0 fully saturated rings. The van der Waals surface area contributed by atoms with Gasteiger partial charge >= 0.3 is 7.12 Å². The lowest BCUT2D eigenvalue weighted by molar-refractivity contribution is -0.0981. The molecule has 2 heterocycles. The standard InChI is InChI=1S/C13H18BN3O3S/c1-12(2,18)13(3,4)20-14(19)11-10(17-8-21-11)9-5-15-7-16-6-9/h5-8,18-19H,1-4H3. The molecule has 0 bridgehead atoms. The summed E-state index contributed by atoms with van der Waals surface area (Å²) in [5.74, 6) is 0. The zero-order valence-electron chi connectivity index (χ0n) is 12.4. The quantitative estimate of drug-likeness (QED) is 0.796. The first kappa shape index (κ1) is 16.0. The Kier molecular flexibility index (Phi) is 4.43. The van der Waals surface area contributed by atoms with Crippen LogP contribution in [0.2, 0.25) is 0 Å². The Morgan fingerprint density at radius 3 is 2.38 bits per heavy atom. The van der Waals surface area contributed by atoms with Crippen molar-refractivity contribution in [1.82, 2.24) is 15.0 Å². The minimum Gasteiger partial charge on any atom is -0.422 e. The van der Waals surface area contributed by atoms with Crippen molar-refractivity contribution < 1.29 is 14.8 Å². The molecule has 8 heteroatoms. The van der Waals surface area contributed by atoms with E-state index in [1.807, 2.05) is 0 Å².